The van der Waals surface area contributed by atoms with Crippen molar-refractivity contribution in [2.24, 2.45) is 0 Å². The van der Waals surface area contributed by atoms with Crippen LogP contribution in [-0.2, 0) is 6.54 Å². The minimum atomic E-state index is -0.452. The van der Waals surface area contributed by atoms with Gasteiger partial charge in [0.15, 0.2) is 0 Å². The summed E-state index contributed by atoms with van der Waals surface area (Å²) in [5.74, 6) is 0.449. The van der Waals surface area contributed by atoms with Crippen LogP contribution in [-0.4, -0.2) is 35.3 Å². The lowest BCUT2D eigenvalue weighted by Gasteiger charge is -2.09. The van der Waals surface area contributed by atoms with Crippen LogP contribution in [0.4, 0.5) is 5.82 Å². The molecule has 1 amide bonds. The maximum Gasteiger partial charge on any atom is 0.296 e. The number of fused-ring (bicyclic) bond motifs is 1. The number of carbonyl (C=O) groups excluding carboxylic acids is 1. The highest BCUT2D eigenvalue weighted by Crippen LogP contribution is 2.22. The average molecular weight is 416 g/mol. The largest absolute Gasteiger partial charge is 0.304 e. The van der Waals surface area contributed by atoms with Gasteiger partial charge in [0.2, 0.25) is 5.82 Å². The van der Waals surface area contributed by atoms with E-state index in [1.807, 2.05) is 26.0 Å². The molecular formula is C18H15Cl2N7O. The van der Waals surface area contributed by atoms with Gasteiger partial charge < -0.3 is 5.32 Å². The number of halogens is 2. The molecule has 0 unspecified atom stereocenters. The average Bonchev–Trinajstić information content (AvgIpc) is 3.24. The second kappa shape index (κ2) is 7.21. The summed E-state index contributed by atoms with van der Waals surface area (Å²) in [7, 11) is 0. The number of aromatic nitrogens is 6. The fourth-order valence-corrected chi connectivity index (χ4v) is 3.28. The quantitative estimate of drug-likeness (QED) is 0.550. The highest BCUT2D eigenvalue weighted by atomic mass is 35.5. The molecule has 1 N–H and O–H groups in total. The van der Waals surface area contributed by atoms with E-state index in [0.717, 1.165) is 17.0 Å². The van der Waals surface area contributed by atoms with Crippen LogP contribution in [0.25, 0.3) is 5.78 Å². The first-order valence-electron chi connectivity index (χ1n) is 8.39. The number of carbonyl (C=O) groups is 1. The number of amides is 1. The summed E-state index contributed by atoms with van der Waals surface area (Å²) in [4.78, 5) is 21.1. The first-order valence-corrected chi connectivity index (χ1v) is 9.14. The fourth-order valence-electron chi connectivity index (χ4n) is 2.81. The molecule has 0 bridgehead atoms. The molecular weight excluding hydrogens is 401 g/mol. The molecule has 142 valence electrons. The van der Waals surface area contributed by atoms with Crippen molar-refractivity contribution in [2.75, 3.05) is 5.32 Å². The molecule has 0 aliphatic carbocycles. The van der Waals surface area contributed by atoms with Crippen LogP contribution in [0.5, 0.6) is 0 Å². The van der Waals surface area contributed by atoms with E-state index in [2.05, 4.69) is 25.5 Å². The van der Waals surface area contributed by atoms with Crippen molar-refractivity contribution in [3.63, 3.8) is 0 Å². The normalized spacial score (nSPS) is 11.1. The maximum absolute atomic E-state index is 12.6. The molecule has 4 rings (SSSR count). The zero-order valence-corrected chi connectivity index (χ0v) is 16.5. The van der Waals surface area contributed by atoms with Crippen LogP contribution in [0.3, 0.4) is 0 Å². The van der Waals surface area contributed by atoms with Crippen LogP contribution in [0.2, 0.25) is 10.0 Å². The van der Waals surface area contributed by atoms with Gasteiger partial charge in [-0.3, -0.25) is 4.79 Å². The smallest absolute Gasteiger partial charge is 0.296 e. The van der Waals surface area contributed by atoms with Crippen molar-refractivity contribution in [2.45, 2.75) is 20.4 Å². The highest BCUT2D eigenvalue weighted by Gasteiger charge is 2.17. The van der Waals surface area contributed by atoms with E-state index in [4.69, 9.17) is 23.2 Å². The van der Waals surface area contributed by atoms with Crippen molar-refractivity contribution < 1.29 is 4.79 Å². The molecule has 0 aliphatic heterocycles. The molecule has 0 saturated heterocycles. The SMILES string of the molecule is Cc1cc(C)n2nc(C(=O)Nc3ccnn3Cc3ccc(Cl)cc3Cl)nc2n1. The Bertz CT molecular complexity index is 1200. The number of hydrogen-bond acceptors (Lipinski definition) is 5. The Morgan fingerprint density at radius 1 is 1.14 bits per heavy atom. The fraction of sp³-hybridized carbons (Fsp3) is 0.167. The topological polar surface area (TPSA) is 90.0 Å². The summed E-state index contributed by atoms with van der Waals surface area (Å²) in [5.41, 5.74) is 2.48. The third kappa shape index (κ3) is 3.56. The van der Waals surface area contributed by atoms with E-state index < -0.39 is 5.91 Å². The Morgan fingerprint density at radius 2 is 1.96 bits per heavy atom. The Kier molecular flexibility index (Phi) is 4.74. The molecule has 0 aliphatic rings. The molecule has 0 radical (unpaired) electrons. The molecule has 0 saturated carbocycles. The molecule has 28 heavy (non-hydrogen) atoms. The summed E-state index contributed by atoms with van der Waals surface area (Å²) in [6.45, 7) is 4.11. The lowest BCUT2D eigenvalue weighted by Crippen LogP contribution is -2.17. The molecule has 3 aromatic heterocycles. The zero-order valence-electron chi connectivity index (χ0n) is 15.0. The standard InChI is InChI=1S/C18H15Cl2N7O/c1-10-7-11(2)27-18(22-10)24-16(25-27)17(28)23-15-5-6-21-26(15)9-12-3-4-13(19)8-14(12)20/h3-8H,9H2,1-2H3,(H,23,28). The number of rotatable bonds is 4. The number of anilines is 1. The summed E-state index contributed by atoms with van der Waals surface area (Å²) in [5, 5.41) is 12.3. The van der Waals surface area contributed by atoms with Gasteiger partial charge in [0.25, 0.3) is 11.7 Å². The van der Waals surface area contributed by atoms with E-state index in [1.54, 1.807) is 29.1 Å². The zero-order chi connectivity index (χ0) is 19.8. The molecule has 1 aromatic carbocycles. The third-order valence-electron chi connectivity index (χ3n) is 4.11. The summed E-state index contributed by atoms with van der Waals surface area (Å²) < 4.78 is 3.16. The maximum atomic E-state index is 12.6. The number of aryl methyl sites for hydroxylation is 2. The van der Waals surface area contributed by atoms with Crippen molar-refractivity contribution in [1.29, 1.82) is 0 Å². The summed E-state index contributed by atoms with van der Waals surface area (Å²) in [6.07, 6.45) is 1.59. The molecule has 10 heteroatoms. The number of benzene rings is 1. The van der Waals surface area contributed by atoms with Crippen molar-refractivity contribution in [1.82, 2.24) is 29.4 Å². The number of nitrogens with one attached hydrogen (secondary N) is 1. The molecule has 0 spiro atoms. The van der Waals surface area contributed by atoms with Crippen LogP contribution in [0.15, 0.2) is 36.5 Å². The molecule has 8 nitrogen and oxygen atoms in total. The number of hydrogen-bond donors (Lipinski definition) is 1. The van der Waals surface area contributed by atoms with Gasteiger partial charge in [0.05, 0.1) is 12.7 Å². The van der Waals surface area contributed by atoms with Crippen LogP contribution in [0, 0.1) is 13.8 Å². The Morgan fingerprint density at radius 3 is 2.75 bits per heavy atom. The van der Waals surface area contributed by atoms with E-state index in [0.29, 0.717) is 28.2 Å². The molecule has 0 atom stereocenters. The van der Waals surface area contributed by atoms with Crippen LogP contribution in [0.1, 0.15) is 27.6 Å². The van der Waals surface area contributed by atoms with Gasteiger partial charge in [0.1, 0.15) is 5.82 Å². The molecule has 4 aromatic rings. The number of nitrogens with zero attached hydrogens (tertiary/aromatic N) is 6. The van der Waals surface area contributed by atoms with Gasteiger partial charge in [-0.15, -0.1) is 5.10 Å². The first-order chi connectivity index (χ1) is 13.4. The first kappa shape index (κ1) is 18.4. The third-order valence-corrected chi connectivity index (χ3v) is 4.70. The Hall–Kier alpha value is -2.97. The molecule has 0 fully saturated rings. The monoisotopic (exact) mass is 415 g/mol. The second-order valence-electron chi connectivity index (χ2n) is 6.25. The van der Waals surface area contributed by atoms with Crippen molar-refractivity contribution in [3.05, 3.63) is 69.3 Å². The lowest BCUT2D eigenvalue weighted by atomic mass is 10.2. The lowest BCUT2D eigenvalue weighted by molar-refractivity contribution is 0.101. The van der Waals surface area contributed by atoms with Crippen molar-refractivity contribution in [3.8, 4) is 0 Å². The Balaban J connectivity index is 1.58. The van der Waals surface area contributed by atoms with Gasteiger partial charge in [-0.2, -0.15) is 10.1 Å². The summed E-state index contributed by atoms with van der Waals surface area (Å²) in [6, 6.07) is 8.79. The van der Waals surface area contributed by atoms with Crippen LogP contribution < -0.4 is 5.32 Å². The second-order valence-corrected chi connectivity index (χ2v) is 7.09. The predicted molar refractivity (Wildman–Crippen MR) is 106 cm³/mol. The van der Waals surface area contributed by atoms with Crippen molar-refractivity contribution >= 4 is 40.7 Å². The van der Waals surface area contributed by atoms with Gasteiger partial charge in [-0.05, 0) is 37.6 Å². The summed E-state index contributed by atoms with van der Waals surface area (Å²) >= 11 is 12.2. The van der Waals surface area contributed by atoms with Gasteiger partial charge in [-0.25, -0.2) is 14.2 Å². The van der Waals surface area contributed by atoms with E-state index >= 15 is 0 Å². The van der Waals surface area contributed by atoms with Gasteiger partial charge >= 0.3 is 0 Å². The van der Waals surface area contributed by atoms with Gasteiger partial charge in [-0.1, -0.05) is 29.3 Å². The minimum absolute atomic E-state index is 0.0264. The highest BCUT2D eigenvalue weighted by molar-refractivity contribution is 6.35. The van der Waals surface area contributed by atoms with E-state index in [-0.39, 0.29) is 5.82 Å². The minimum Gasteiger partial charge on any atom is -0.304 e. The van der Waals surface area contributed by atoms with E-state index in [9.17, 15) is 4.79 Å². The van der Waals surface area contributed by atoms with Crippen LogP contribution >= 0.6 is 23.2 Å². The van der Waals surface area contributed by atoms with E-state index in [1.165, 1.54) is 4.52 Å². The predicted octanol–water partition coefficient (Wildman–Crippen LogP) is 3.55. The van der Waals surface area contributed by atoms with Gasteiger partial charge in [0, 0.05) is 27.5 Å². The molecule has 3 heterocycles. The Labute approximate surface area is 170 Å².